The van der Waals surface area contributed by atoms with Gasteiger partial charge in [-0.1, -0.05) is 23.7 Å². The Morgan fingerprint density at radius 1 is 1.40 bits per heavy atom. The van der Waals surface area contributed by atoms with E-state index >= 15 is 0 Å². The summed E-state index contributed by atoms with van der Waals surface area (Å²) in [6, 6.07) is 4.74. The molecule has 1 aliphatic heterocycles. The summed E-state index contributed by atoms with van der Waals surface area (Å²) in [6.45, 7) is 0.970. The average Bonchev–Trinajstić information content (AvgIpc) is 2.70. The molecule has 1 saturated heterocycles. The fraction of sp³-hybridized carbons (Fsp3) is 0.455. The SMILES string of the molecule is FC(F)c1ccc(C2CCCN2)c(Cl)c1. The third-order valence-electron chi connectivity index (χ3n) is 2.71. The molecule has 82 valence electrons. The maximum absolute atomic E-state index is 12.4. The highest BCUT2D eigenvalue weighted by molar-refractivity contribution is 6.31. The highest BCUT2D eigenvalue weighted by Gasteiger charge is 2.19. The van der Waals surface area contributed by atoms with E-state index in [1.165, 1.54) is 12.1 Å². The molecule has 2 rings (SSSR count). The van der Waals surface area contributed by atoms with Gasteiger partial charge in [0.2, 0.25) is 0 Å². The van der Waals surface area contributed by atoms with Crippen LogP contribution in [0.1, 0.15) is 36.4 Å². The first kappa shape index (κ1) is 10.8. The summed E-state index contributed by atoms with van der Waals surface area (Å²) < 4.78 is 24.8. The second kappa shape index (κ2) is 4.45. The fourth-order valence-corrected chi connectivity index (χ4v) is 2.23. The number of halogens is 3. The molecule has 1 aromatic rings. The predicted molar refractivity (Wildman–Crippen MR) is 56.4 cm³/mol. The van der Waals surface area contributed by atoms with Gasteiger partial charge < -0.3 is 5.32 Å². The van der Waals surface area contributed by atoms with Gasteiger partial charge in [0, 0.05) is 16.6 Å². The van der Waals surface area contributed by atoms with E-state index in [-0.39, 0.29) is 11.6 Å². The van der Waals surface area contributed by atoms with E-state index in [1.807, 2.05) is 0 Å². The summed E-state index contributed by atoms with van der Waals surface area (Å²) in [5, 5.41) is 3.73. The van der Waals surface area contributed by atoms with Crippen LogP contribution in [-0.4, -0.2) is 6.54 Å². The molecule has 0 spiro atoms. The minimum absolute atomic E-state index is 0.0123. The van der Waals surface area contributed by atoms with Crippen molar-refractivity contribution in [3.63, 3.8) is 0 Å². The lowest BCUT2D eigenvalue weighted by molar-refractivity contribution is 0.151. The second-order valence-corrected chi connectivity index (χ2v) is 4.14. The van der Waals surface area contributed by atoms with E-state index < -0.39 is 6.43 Å². The second-order valence-electron chi connectivity index (χ2n) is 3.73. The number of hydrogen-bond acceptors (Lipinski definition) is 1. The maximum atomic E-state index is 12.4. The molecule has 1 nitrogen and oxygen atoms in total. The summed E-state index contributed by atoms with van der Waals surface area (Å²) in [6.07, 6.45) is -0.321. The van der Waals surface area contributed by atoms with Gasteiger partial charge in [0.05, 0.1) is 0 Å². The molecule has 0 bridgehead atoms. The summed E-state index contributed by atoms with van der Waals surface area (Å²) in [4.78, 5) is 0. The Kier molecular flexibility index (Phi) is 3.22. The Morgan fingerprint density at radius 3 is 2.73 bits per heavy atom. The molecule has 1 N–H and O–H groups in total. The molecule has 0 saturated carbocycles. The van der Waals surface area contributed by atoms with Crippen LogP contribution in [0, 0.1) is 0 Å². The third kappa shape index (κ3) is 2.29. The number of rotatable bonds is 2. The van der Waals surface area contributed by atoms with Crippen molar-refractivity contribution in [3.05, 3.63) is 34.3 Å². The Balaban J connectivity index is 2.25. The van der Waals surface area contributed by atoms with Crippen molar-refractivity contribution in [1.82, 2.24) is 5.32 Å². The van der Waals surface area contributed by atoms with Crippen molar-refractivity contribution >= 4 is 11.6 Å². The van der Waals surface area contributed by atoms with Gasteiger partial charge >= 0.3 is 0 Å². The van der Waals surface area contributed by atoms with Crippen LogP contribution < -0.4 is 5.32 Å². The molecule has 1 aliphatic rings. The van der Waals surface area contributed by atoms with Crippen molar-refractivity contribution in [1.29, 1.82) is 0 Å². The largest absolute Gasteiger partial charge is 0.310 e. The predicted octanol–water partition coefficient (Wildman–Crippen LogP) is 3.70. The highest BCUT2D eigenvalue weighted by atomic mass is 35.5. The third-order valence-corrected chi connectivity index (χ3v) is 3.04. The molecule has 0 radical (unpaired) electrons. The lowest BCUT2D eigenvalue weighted by Crippen LogP contribution is -2.13. The van der Waals surface area contributed by atoms with Gasteiger partial charge in [0.1, 0.15) is 0 Å². The molecule has 1 aromatic carbocycles. The topological polar surface area (TPSA) is 12.0 Å². The zero-order valence-corrected chi connectivity index (χ0v) is 8.90. The van der Waals surface area contributed by atoms with E-state index in [0.29, 0.717) is 5.02 Å². The first-order valence-electron chi connectivity index (χ1n) is 4.99. The molecule has 1 atom stereocenters. The molecular formula is C11H12ClF2N. The first-order valence-corrected chi connectivity index (χ1v) is 5.37. The lowest BCUT2D eigenvalue weighted by atomic mass is 10.0. The Morgan fingerprint density at radius 2 is 2.20 bits per heavy atom. The molecular weight excluding hydrogens is 220 g/mol. The molecule has 1 fully saturated rings. The minimum Gasteiger partial charge on any atom is -0.310 e. The van der Waals surface area contributed by atoms with E-state index in [2.05, 4.69) is 5.32 Å². The summed E-state index contributed by atoms with van der Waals surface area (Å²) >= 11 is 5.98. The molecule has 1 heterocycles. The Hall–Kier alpha value is -0.670. The van der Waals surface area contributed by atoms with Gasteiger partial charge in [0.25, 0.3) is 6.43 Å². The van der Waals surface area contributed by atoms with Crippen LogP contribution in [0.4, 0.5) is 8.78 Å². The van der Waals surface area contributed by atoms with Crippen LogP contribution >= 0.6 is 11.6 Å². The molecule has 15 heavy (non-hydrogen) atoms. The first-order chi connectivity index (χ1) is 7.18. The van der Waals surface area contributed by atoms with Crippen LogP contribution in [0.15, 0.2) is 18.2 Å². The Labute approximate surface area is 92.4 Å². The molecule has 4 heteroatoms. The van der Waals surface area contributed by atoms with E-state index in [1.54, 1.807) is 6.07 Å². The normalized spacial score (nSPS) is 21.2. The van der Waals surface area contributed by atoms with Gasteiger partial charge in [-0.3, -0.25) is 0 Å². The van der Waals surface area contributed by atoms with Crippen molar-refractivity contribution in [2.24, 2.45) is 0 Å². The minimum atomic E-state index is -2.45. The van der Waals surface area contributed by atoms with Gasteiger partial charge in [-0.15, -0.1) is 0 Å². The van der Waals surface area contributed by atoms with Crippen molar-refractivity contribution < 1.29 is 8.78 Å². The molecule has 1 unspecified atom stereocenters. The zero-order valence-electron chi connectivity index (χ0n) is 8.14. The monoisotopic (exact) mass is 231 g/mol. The van der Waals surface area contributed by atoms with Gasteiger partial charge in [-0.25, -0.2) is 8.78 Å². The van der Waals surface area contributed by atoms with Crippen molar-refractivity contribution in [2.75, 3.05) is 6.54 Å². The van der Waals surface area contributed by atoms with Crippen LogP contribution in [0.2, 0.25) is 5.02 Å². The number of hydrogen-bond donors (Lipinski definition) is 1. The fourth-order valence-electron chi connectivity index (χ4n) is 1.91. The quantitative estimate of drug-likeness (QED) is 0.818. The van der Waals surface area contributed by atoms with Crippen molar-refractivity contribution in [2.45, 2.75) is 25.3 Å². The van der Waals surface area contributed by atoms with E-state index in [4.69, 9.17) is 11.6 Å². The molecule has 0 amide bonds. The number of nitrogens with one attached hydrogen (secondary N) is 1. The average molecular weight is 232 g/mol. The van der Waals surface area contributed by atoms with Crippen LogP contribution in [-0.2, 0) is 0 Å². The molecule has 0 aromatic heterocycles. The van der Waals surface area contributed by atoms with Gasteiger partial charge in [0.15, 0.2) is 0 Å². The highest BCUT2D eigenvalue weighted by Crippen LogP contribution is 2.32. The maximum Gasteiger partial charge on any atom is 0.263 e. The Bertz CT molecular complexity index is 348. The molecule has 0 aliphatic carbocycles. The van der Waals surface area contributed by atoms with Gasteiger partial charge in [-0.2, -0.15) is 0 Å². The van der Waals surface area contributed by atoms with Crippen LogP contribution in [0.3, 0.4) is 0 Å². The van der Waals surface area contributed by atoms with Crippen LogP contribution in [0.25, 0.3) is 0 Å². The smallest absolute Gasteiger partial charge is 0.263 e. The van der Waals surface area contributed by atoms with Gasteiger partial charge in [-0.05, 0) is 31.0 Å². The zero-order chi connectivity index (χ0) is 10.8. The van der Waals surface area contributed by atoms with E-state index in [9.17, 15) is 8.78 Å². The number of alkyl halides is 2. The standard InChI is InChI=1S/C11H12ClF2N/c12-9-6-7(11(13)14)3-4-8(9)10-2-1-5-15-10/h3-4,6,10-11,15H,1-2,5H2. The number of benzene rings is 1. The summed E-state index contributed by atoms with van der Waals surface area (Å²) in [7, 11) is 0. The summed E-state index contributed by atoms with van der Waals surface area (Å²) in [5.74, 6) is 0. The van der Waals surface area contributed by atoms with E-state index in [0.717, 1.165) is 24.9 Å². The van der Waals surface area contributed by atoms with Crippen LogP contribution in [0.5, 0.6) is 0 Å². The van der Waals surface area contributed by atoms with Crippen molar-refractivity contribution in [3.8, 4) is 0 Å². The lowest BCUT2D eigenvalue weighted by Gasteiger charge is -2.13. The summed E-state index contributed by atoms with van der Waals surface area (Å²) in [5.41, 5.74) is 0.917.